The highest BCUT2D eigenvalue weighted by Gasteiger charge is 2.31. The lowest BCUT2D eigenvalue weighted by Gasteiger charge is -2.26. The fourth-order valence-corrected chi connectivity index (χ4v) is 2.21. The second-order valence-corrected chi connectivity index (χ2v) is 4.61. The number of pyridine rings is 1. The normalized spacial score (nSPS) is 11.8. The molecule has 20 heavy (non-hydrogen) atoms. The first-order valence-corrected chi connectivity index (χ1v) is 6.37. The van der Waals surface area contributed by atoms with Crippen molar-refractivity contribution in [3.8, 4) is 0 Å². The third-order valence-electron chi connectivity index (χ3n) is 2.99. The van der Waals surface area contributed by atoms with Crippen LogP contribution in [0.15, 0.2) is 30.5 Å². The number of rotatable bonds is 4. The number of hydrogen-bond donors (Lipinski definition) is 1. The first-order chi connectivity index (χ1) is 9.42. The summed E-state index contributed by atoms with van der Waals surface area (Å²) < 4.78 is 38.1. The Morgan fingerprint density at radius 1 is 1.25 bits per heavy atom. The summed E-state index contributed by atoms with van der Waals surface area (Å²) >= 11 is 0. The zero-order chi connectivity index (χ0) is 14.8. The van der Waals surface area contributed by atoms with Crippen molar-refractivity contribution < 1.29 is 13.2 Å². The molecule has 6 heteroatoms. The van der Waals surface area contributed by atoms with Gasteiger partial charge in [-0.15, -0.1) is 0 Å². The molecule has 1 heterocycles. The van der Waals surface area contributed by atoms with Gasteiger partial charge < -0.3 is 10.6 Å². The van der Waals surface area contributed by atoms with Crippen molar-refractivity contribution in [2.75, 3.05) is 23.7 Å². The van der Waals surface area contributed by atoms with E-state index in [0.29, 0.717) is 35.2 Å². The second-order valence-electron chi connectivity index (χ2n) is 4.61. The van der Waals surface area contributed by atoms with Crippen LogP contribution in [0, 0.1) is 0 Å². The maximum absolute atomic E-state index is 12.7. The van der Waals surface area contributed by atoms with Crippen LogP contribution in [0.5, 0.6) is 0 Å². The number of nitrogen functional groups attached to an aromatic ring is 1. The standard InChI is InChI=1S/C14H16F3N3/c1-2-8-20(9-14(15,16)17)12-6-5-11(18)10-4-3-7-19-13(10)12/h3-7H,2,8-9,18H2,1H3. The number of nitrogens with two attached hydrogens (primary N) is 1. The molecule has 0 aliphatic rings. The second kappa shape index (κ2) is 5.56. The van der Waals surface area contributed by atoms with Gasteiger partial charge in [0.05, 0.1) is 11.2 Å². The maximum Gasteiger partial charge on any atom is 0.405 e. The lowest BCUT2D eigenvalue weighted by Crippen LogP contribution is -2.35. The third kappa shape index (κ3) is 3.12. The van der Waals surface area contributed by atoms with Crippen LogP contribution in [0.1, 0.15) is 13.3 Å². The highest BCUT2D eigenvalue weighted by Crippen LogP contribution is 2.31. The van der Waals surface area contributed by atoms with Crippen molar-refractivity contribution in [1.82, 2.24) is 4.98 Å². The number of benzene rings is 1. The summed E-state index contributed by atoms with van der Waals surface area (Å²) in [5.41, 5.74) is 7.33. The molecule has 0 aliphatic carbocycles. The Labute approximate surface area is 115 Å². The minimum absolute atomic E-state index is 0.315. The molecule has 0 saturated heterocycles. The summed E-state index contributed by atoms with van der Waals surface area (Å²) in [6, 6.07) is 6.71. The van der Waals surface area contributed by atoms with Gasteiger partial charge in [-0.05, 0) is 30.7 Å². The Kier molecular flexibility index (Phi) is 4.01. The molecule has 0 bridgehead atoms. The average molecular weight is 283 g/mol. The van der Waals surface area contributed by atoms with Gasteiger partial charge in [0, 0.05) is 23.8 Å². The zero-order valence-electron chi connectivity index (χ0n) is 11.1. The van der Waals surface area contributed by atoms with E-state index in [9.17, 15) is 13.2 Å². The predicted molar refractivity (Wildman–Crippen MR) is 74.7 cm³/mol. The summed E-state index contributed by atoms with van der Waals surface area (Å²) in [6.45, 7) is 1.17. The van der Waals surface area contributed by atoms with Crippen molar-refractivity contribution >= 4 is 22.3 Å². The predicted octanol–water partition coefficient (Wildman–Crippen LogP) is 3.60. The molecule has 2 rings (SSSR count). The number of nitrogens with zero attached hydrogens (tertiary/aromatic N) is 2. The first kappa shape index (κ1) is 14.4. The van der Waals surface area contributed by atoms with Crippen molar-refractivity contribution in [2.45, 2.75) is 19.5 Å². The lowest BCUT2D eigenvalue weighted by atomic mass is 10.1. The van der Waals surface area contributed by atoms with Gasteiger partial charge in [0.2, 0.25) is 0 Å². The molecule has 1 aromatic carbocycles. The Balaban J connectivity index is 2.51. The molecule has 0 fully saturated rings. The van der Waals surface area contributed by atoms with E-state index in [4.69, 9.17) is 5.73 Å². The Bertz CT molecular complexity index is 596. The molecule has 108 valence electrons. The molecule has 0 spiro atoms. The van der Waals surface area contributed by atoms with Crippen LogP contribution in [-0.4, -0.2) is 24.2 Å². The zero-order valence-corrected chi connectivity index (χ0v) is 11.1. The van der Waals surface area contributed by atoms with E-state index in [2.05, 4.69) is 4.98 Å². The lowest BCUT2D eigenvalue weighted by molar-refractivity contribution is -0.119. The van der Waals surface area contributed by atoms with E-state index in [1.807, 2.05) is 6.92 Å². The SMILES string of the molecule is CCCN(CC(F)(F)F)c1ccc(N)c2cccnc12. The van der Waals surface area contributed by atoms with E-state index in [1.165, 1.54) is 4.90 Å². The molecule has 0 unspecified atom stereocenters. The van der Waals surface area contributed by atoms with Gasteiger partial charge in [-0.1, -0.05) is 6.92 Å². The monoisotopic (exact) mass is 283 g/mol. The van der Waals surface area contributed by atoms with Gasteiger partial charge in [0.1, 0.15) is 6.54 Å². The van der Waals surface area contributed by atoms with Gasteiger partial charge in [-0.3, -0.25) is 4.98 Å². The van der Waals surface area contributed by atoms with Crippen LogP contribution in [0.25, 0.3) is 10.9 Å². The third-order valence-corrected chi connectivity index (χ3v) is 2.99. The highest BCUT2D eigenvalue weighted by atomic mass is 19.4. The molecule has 0 atom stereocenters. The Morgan fingerprint density at radius 3 is 2.65 bits per heavy atom. The molecule has 3 nitrogen and oxygen atoms in total. The van der Waals surface area contributed by atoms with Gasteiger partial charge in [-0.25, -0.2) is 0 Å². The average Bonchev–Trinajstić information content (AvgIpc) is 2.37. The summed E-state index contributed by atoms with van der Waals surface area (Å²) in [5, 5.41) is 0.674. The van der Waals surface area contributed by atoms with Gasteiger partial charge >= 0.3 is 6.18 Å². The molecule has 0 aliphatic heterocycles. The van der Waals surface area contributed by atoms with Crippen LogP contribution in [0.4, 0.5) is 24.5 Å². The highest BCUT2D eigenvalue weighted by molar-refractivity contribution is 5.98. The van der Waals surface area contributed by atoms with Crippen LogP contribution in [-0.2, 0) is 0 Å². The number of halogens is 3. The fraction of sp³-hybridized carbons (Fsp3) is 0.357. The summed E-state index contributed by atoms with van der Waals surface area (Å²) in [6.07, 6.45) is -2.07. The number of fused-ring (bicyclic) bond motifs is 1. The molecule has 0 saturated carbocycles. The van der Waals surface area contributed by atoms with E-state index >= 15 is 0 Å². The van der Waals surface area contributed by atoms with E-state index in [0.717, 1.165) is 0 Å². The molecule has 2 N–H and O–H groups in total. The minimum Gasteiger partial charge on any atom is -0.398 e. The van der Waals surface area contributed by atoms with Crippen LogP contribution < -0.4 is 10.6 Å². The summed E-state index contributed by atoms with van der Waals surface area (Å²) in [7, 11) is 0. The Hall–Kier alpha value is -1.98. The van der Waals surface area contributed by atoms with E-state index in [-0.39, 0.29) is 0 Å². The number of hydrogen-bond acceptors (Lipinski definition) is 3. The van der Waals surface area contributed by atoms with Crippen molar-refractivity contribution in [3.63, 3.8) is 0 Å². The summed E-state index contributed by atoms with van der Waals surface area (Å²) in [5.74, 6) is 0. The molecule has 0 amide bonds. The fourth-order valence-electron chi connectivity index (χ4n) is 2.21. The Morgan fingerprint density at radius 2 is 2.00 bits per heavy atom. The largest absolute Gasteiger partial charge is 0.405 e. The van der Waals surface area contributed by atoms with Gasteiger partial charge in [0.25, 0.3) is 0 Å². The molecule has 1 aromatic heterocycles. The minimum atomic E-state index is -4.25. The first-order valence-electron chi connectivity index (χ1n) is 6.37. The molecular weight excluding hydrogens is 267 g/mol. The van der Waals surface area contributed by atoms with Crippen molar-refractivity contribution in [3.05, 3.63) is 30.5 Å². The van der Waals surface area contributed by atoms with E-state index in [1.54, 1.807) is 30.5 Å². The number of alkyl halides is 3. The molecular formula is C14H16F3N3. The van der Waals surface area contributed by atoms with Crippen molar-refractivity contribution in [2.24, 2.45) is 0 Å². The molecule has 0 radical (unpaired) electrons. The van der Waals surface area contributed by atoms with Crippen LogP contribution in [0.3, 0.4) is 0 Å². The van der Waals surface area contributed by atoms with Gasteiger partial charge in [0.15, 0.2) is 0 Å². The number of anilines is 2. The van der Waals surface area contributed by atoms with Crippen molar-refractivity contribution in [1.29, 1.82) is 0 Å². The molecule has 2 aromatic rings. The van der Waals surface area contributed by atoms with E-state index < -0.39 is 12.7 Å². The quantitative estimate of drug-likeness (QED) is 0.872. The van der Waals surface area contributed by atoms with Gasteiger partial charge in [-0.2, -0.15) is 13.2 Å². The van der Waals surface area contributed by atoms with Crippen LogP contribution >= 0.6 is 0 Å². The number of aromatic nitrogens is 1. The summed E-state index contributed by atoms with van der Waals surface area (Å²) in [4.78, 5) is 5.49. The topological polar surface area (TPSA) is 42.1 Å². The smallest absolute Gasteiger partial charge is 0.398 e. The maximum atomic E-state index is 12.7. The van der Waals surface area contributed by atoms with Crippen LogP contribution in [0.2, 0.25) is 0 Å².